The van der Waals surface area contributed by atoms with Gasteiger partial charge >= 0.3 is 6.18 Å². The van der Waals surface area contributed by atoms with Gasteiger partial charge in [-0.15, -0.1) is 0 Å². The van der Waals surface area contributed by atoms with Crippen LogP contribution in [-0.4, -0.2) is 12.0 Å². The minimum atomic E-state index is -4.84. The number of rotatable bonds is 3. The maximum Gasteiger partial charge on any atom is 0.417 e. The van der Waals surface area contributed by atoms with E-state index in [9.17, 15) is 22.4 Å². The molecule has 0 saturated carbocycles. The van der Waals surface area contributed by atoms with Crippen molar-refractivity contribution in [1.29, 1.82) is 0 Å². The van der Waals surface area contributed by atoms with E-state index >= 15 is 0 Å². The second-order valence-electron chi connectivity index (χ2n) is 4.54. The SMILES string of the molecule is O=C(C=C(c1cc(Cl)c(F)c(Cl)c1)C(F)(F)F)c1ccccc1. The summed E-state index contributed by atoms with van der Waals surface area (Å²) in [5.41, 5.74) is -1.65. The fourth-order valence-electron chi connectivity index (χ4n) is 1.86. The molecule has 0 aliphatic carbocycles. The Balaban J connectivity index is 2.55. The normalized spacial score (nSPS) is 12.3. The van der Waals surface area contributed by atoms with Crippen molar-refractivity contribution in [2.24, 2.45) is 0 Å². The largest absolute Gasteiger partial charge is 0.417 e. The summed E-state index contributed by atoms with van der Waals surface area (Å²) < 4.78 is 53.1. The van der Waals surface area contributed by atoms with E-state index < -0.39 is 39.0 Å². The molecule has 0 atom stereocenters. The van der Waals surface area contributed by atoms with Crippen LogP contribution in [0.1, 0.15) is 15.9 Å². The Labute approximate surface area is 139 Å². The van der Waals surface area contributed by atoms with Crippen LogP contribution in [0.2, 0.25) is 10.0 Å². The molecule has 2 rings (SSSR count). The van der Waals surface area contributed by atoms with E-state index in [0.29, 0.717) is 6.08 Å². The van der Waals surface area contributed by atoms with Gasteiger partial charge in [-0.25, -0.2) is 4.39 Å². The molecular formula is C16H8Cl2F4O. The number of hydrogen-bond donors (Lipinski definition) is 0. The molecule has 2 aromatic rings. The molecule has 0 amide bonds. The van der Waals surface area contributed by atoms with E-state index in [0.717, 1.165) is 12.1 Å². The summed E-state index contributed by atoms with van der Waals surface area (Å²) in [6, 6.07) is 9.01. The van der Waals surface area contributed by atoms with Crippen molar-refractivity contribution in [3.8, 4) is 0 Å². The van der Waals surface area contributed by atoms with E-state index in [4.69, 9.17) is 23.2 Å². The zero-order valence-corrected chi connectivity index (χ0v) is 12.8. The maximum absolute atomic E-state index is 13.4. The van der Waals surface area contributed by atoms with Crippen LogP contribution >= 0.6 is 23.2 Å². The van der Waals surface area contributed by atoms with Gasteiger partial charge in [-0.05, 0) is 23.8 Å². The minimum absolute atomic E-state index is 0.0913. The minimum Gasteiger partial charge on any atom is -0.289 e. The molecule has 0 unspecified atom stereocenters. The summed E-state index contributed by atoms with van der Waals surface area (Å²) in [4.78, 5) is 12.0. The highest BCUT2D eigenvalue weighted by Gasteiger charge is 2.36. The first kappa shape index (κ1) is 17.5. The molecular weight excluding hydrogens is 355 g/mol. The molecule has 0 heterocycles. The second kappa shape index (κ2) is 6.72. The summed E-state index contributed by atoms with van der Waals surface area (Å²) in [5.74, 6) is -1.86. The molecule has 120 valence electrons. The Morgan fingerprint density at radius 1 is 0.957 bits per heavy atom. The molecule has 0 aliphatic rings. The molecule has 7 heteroatoms. The highest BCUT2D eigenvalue weighted by atomic mass is 35.5. The molecule has 0 saturated heterocycles. The zero-order chi connectivity index (χ0) is 17.2. The van der Waals surface area contributed by atoms with Crippen molar-refractivity contribution in [3.05, 3.63) is 75.5 Å². The smallest absolute Gasteiger partial charge is 0.289 e. The van der Waals surface area contributed by atoms with Crippen LogP contribution in [0, 0.1) is 5.82 Å². The van der Waals surface area contributed by atoms with Crippen molar-refractivity contribution >= 4 is 34.6 Å². The van der Waals surface area contributed by atoms with Gasteiger partial charge in [-0.3, -0.25) is 4.79 Å². The third kappa shape index (κ3) is 4.12. The third-order valence-corrected chi connectivity index (χ3v) is 3.48. The van der Waals surface area contributed by atoms with E-state index in [1.54, 1.807) is 6.07 Å². The lowest BCUT2D eigenvalue weighted by atomic mass is 10.0. The lowest BCUT2D eigenvalue weighted by Crippen LogP contribution is -2.13. The number of alkyl halides is 3. The molecule has 0 fully saturated rings. The Kier molecular flexibility index (Phi) is 5.12. The number of carbonyl (C=O) groups excluding carboxylic acids is 1. The van der Waals surface area contributed by atoms with Crippen LogP contribution in [0.3, 0.4) is 0 Å². The Bertz CT molecular complexity index is 744. The van der Waals surface area contributed by atoms with Crippen LogP contribution in [0.25, 0.3) is 5.57 Å². The molecule has 0 aromatic heterocycles. The number of benzene rings is 2. The van der Waals surface area contributed by atoms with Crippen LogP contribution in [-0.2, 0) is 0 Å². The summed E-state index contributed by atoms with van der Waals surface area (Å²) in [6.07, 6.45) is -4.40. The van der Waals surface area contributed by atoms with Crippen molar-refractivity contribution in [2.45, 2.75) is 6.18 Å². The number of carbonyl (C=O) groups is 1. The van der Waals surface area contributed by atoms with Crippen molar-refractivity contribution in [1.82, 2.24) is 0 Å². The first-order chi connectivity index (χ1) is 10.7. The summed E-state index contributed by atoms with van der Waals surface area (Å²) >= 11 is 11.1. The highest BCUT2D eigenvalue weighted by molar-refractivity contribution is 6.35. The predicted molar refractivity (Wildman–Crippen MR) is 81.2 cm³/mol. The molecule has 23 heavy (non-hydrogen) atoms. The fourth-order valence-corrected chi connectivity index (χ4v) is 2.34. The molecule has 2 aromatic carbocycles. The third-order valence-electron chi connectivity index (χ3n) is 2.93. The quantitative estimate of drug-likeness (QED) is 0.285. The lowest BCUT2D eigenvalue weighted by molar-refractivity contribution is -0.0689. The maximum atomic E-state index is 13.4. The summed E-state index contributed by atoms with van der Waals surface area (Å²) in [6.45, 7) is 0. The van der Waals surface area contributed by atoms with E-state index in [-0.39, 0.29) is 5.56 Å². The molecule has 0 N–H and O–H groups in total. The van der Waals surface area contributed by atoms with Gasteiger partial charge in [-0.2, -0.15) is 13.2 Å². The van der Waals surface area contributed by atoms with Gasteiger partial charge in [0, 0.05) is 5.56 Å². The van der Waals surface area contributed by atoms with Crippen molar-refractivity contribution < 1.29 is 22.4 Å². The Morgan fingerprint density at radius 2 is 1.48 bits per heavy atom. The van der Waals surface area contributed by atoms with Gasteiger partial charge in [0.2, 0.25) is 0 Å². The van der Waals surface area contributed by atoms with Gasteiger partial charge in [0.05, 0.1) is 15.6 Å². The number of halogens is 6. The van der Waals surface area contributed by atoms with E-state index in [2.05, 4.69) is 0 Å². The van der Waals surface area contributed by atoms with Crippen molar-refractivity contribution in [3.63, 3.8) is 0 Å². The Morgan fingerprint density at radius 3 is 1.96 bits per heavy atom. The van der Waals surface area contributed by atoms with Crippen molar-refractivity contribution in [2.75, 3.05) is 0 Å². The van der Waals surface area contributed by atoms with E-state index in [1.165, 1.54) is 24.3 Å². The average Bonchev–Trinajstić information content (AvgIpc) is 2.49. The zero-order valence-electron chi connectivity index (χ0n) is 11.3. The fraction of sp³-hybridized carbons (Fsp3) is 0.0625. The molecule has 0 aliphatic heterocycles. The summed E-state index contributed by atoms with van der Waals surface area (Å²) in [5, 5.41) is -1.12. The van der Waals surface area contributed by atoms with Gasteiger partial charge in [0.25, 0.3) is 0 Å². The molecule has 0 radical (unpaired) electrons. The topological polar surface area (TPSA) is 17.1 Å². The van der Waals surface area contributed by atoms with Gasteiger partial charge in [0.1, 0.15) is 0 Å². The van der Waals surface area contributed by atoms with Crippen LogP contribution in [0.4, 0.5) is 17.6 Å². The molecule has 1 nitrogen and oxygen atoms in total. The van der Waals surface area contributed by atoms with Gasteiger partial charge in [-0.1, -0.05) is 53.5 Å². The number of allylic oxidation sites excluding steroid dienone is 2. The number of hydrogen-bond acceptors (Lipinski definition) is 1. The second-order valence-corrected chi connectivity index (χ2v) is 5.35. The standard InChI is InChI=1S/C16H8Cl2F4O/c17-12-6-10(7-13(18)15(12)19)11(16(20,21)22)8-14(23)9-4-2-1-3-5-9/h1-8H. The average molecular weight is 363 g/mol. The molecule has 0 spiro atoms. The lowest BCUT2D eigenvalue weighted by Gasteiger charge is -2.13. The predicted octanol–water partition coefficient (Wildman–Crippen LogP) is 5.96. The van der Waals surface area contributed by atoms with Crippen LogP contribution in [0.5, 0.6) is 0 Å². The Hall–Kier alpha value is -1.85. The molecule has 0 bridgehead atoms. The van der Waals surface area contributed by atoms with Crippen LogP contribution in [0.15, 0.2) is 48.5 Å². The van der Waals surface area contributed by atoms with Gasteiger partial charge < -0.3 is 0 Å². The van der Waals surface area contributed by atoms with Gasteiger partial charge in [0.15, 0.2) is 11.6 Å². The first-order valence-corrected chi connectivity index (χ1v) is 6.99. The monoisotopic (exact) mass is 362 g/mol. The first-order valence-electron chi connectivity index (χ1n) is 6.23. The van der Waals surface area contributed by atoms with E-state index in [1.807, 2.05) is 0 Å². The number of ketones is 1. The highest BCUT2D eigenvalue weighted by Crippen LogP contribution is 2.37. The summed E-state index contributed by atoms with van der Waals surface area (Å²) in [7, 11) is 0. The van der Waals surface area contributed by atoms with Crippen LogP contribution < -0.4 is 0 Å².